The second kappa shape index (κ2) is 6.35. The number of ether oxygens (including phenoxy) is 1. The van der Waals surface area contributed by atoms with E-state index in [1.54, 1.807) is 10.7 Å². The highest BCUT2D eigenvalue weighted by Crippen LogP contribution is 2.18. The Balaban J connectivity index is 1.71. The average molecular weight is 312 g/mol. The van der Waals surface area contributed by atoms with Gasteiger partial charge in [0.2, 0.25) is 5.76 Å². The Morgan fingerprint density at radius 3 is 2.78 bits per heavy atom. The number of nitrogens with zero attached hydrogens (tertiary/aromatic N) is 3. The number of hydrogen-bond donors (Lipinski definition) is 1. The number of methoxy groups -OCH3 is 1. The van der Waals surface area contributed by atoms with Crippen molar-refractivity contribution < 1.29 is 14.1 Å². The van der Waals surface area contributed by atoms with E-state index < -0.39 is 5.91 Å². The highest BCUT2D eigenvalue weighted by atomic mass is 16.5. The molecule has 1 atom stereocenters. The lowest BCUT2D eigenvalue weighted by Gasteiger charge is -2.12. The van der Waals surface area contributed by atoms with Gasteiger partial charge in [-0.2, -0.15) is 5.10 Å². The van der Waals surface area contributed by atoms with Crippen LogP contribution in [0.4, 0.5) is 5.82 Å². The van der Waals surface area contributed by atoms with Gasteiger partial charge in [0.25, 0.3) is 11.8 Å². The third-order valence-electron chi connectivity index (χ3n) is 3.45. The molecule has 0 aliphatic carbocycles. The molecule has 3 aromatic rings. The lowest BCUT2D eigenvalue weighted by Crippen LogP contribution is -2.13. The number of hydrogen-bond acceptors (Lipinski definition) is 5. The zero-order chi connectivity index (χ0) is 16.2. The van der Waals surface area contributed by atoms with E-state index in [4.69, 9.17) is 9.26 Å². The van der Waals surface area contributed by atoms with E-state index in [1.165, 1.54) is 13.2 Å². The molecule has 0 radical (unpaired) electrons. The lowest BCUT2D eigenvalue weighted by atomic mass is 10.1. The van der Waals surface area contributed by atoms with Gasteiger partial charge in [-0.15, -0.1) is 0 Å². The number of carbonyl (C=O) groups is 1. The Labute approximate surface area is 132 Å². The third kappa shape index (κ3) is 3.23. The maximum absolute atomic E-state index is 12.0. The van der Waals surface area contributed by atoms with Gasteiger partial charge in [-0.1, -0.05) is 30.3 Å². The summed E-state index contributed by atoms with van der Waals surface area (Å²) in [6.45, 7) is 2.04. The average Bonchev–Trinajstić information content (AvgIpc) is 3.24. The van der Waals surface area contributed by atoms with Crippen LogP contribution in [-0.4, -0.2) is 28.0 Å². The van der Waals surface area contributed by atoms with Crippen molar-refractivity contribution in [3.8, 4) is 5.88 Å². The molecule has 0 fully saturated rings. The first-order valence-electron chi connectivity index (χ1n) is 7.09. The van der Waals surface area contributed by atoms with Crippen molar-refractivity contribution in [1.29, 1.82) is 0 Å². The fourth-order valence-corrected chi connectivity index (χ4v) is 2.14. The highest BCUT2D eigenvalue weighted by molar-refractivity contribution is 6.01. The maximum Gasteiger partial charge on any atom is 0.295 e. The molecule has 7 heteroatoms. The molecule has 0 aliphatic rings. The Bertz CT molecular complexity index is 795. The molecule has 0 aliphatic heterocycles. The third-order valence-corrected chi connectivity index (χ3v) is 3.45. The van der Waals surface area contributed by atoms with Gasteiger partial charge in [0, 0.05) is 12.3 Å². The first-order valence-corrected chi connectivity index (χ1v) is 7.09. The van der Waals surface area contributed by atoms with E-state index in [-0.39, 0.29) is 17.7 Å². The minimum absolute atomic E-state index is 0.0622. The first-order chi connectivity index (χ1) is 11.2. The molecule has 1 aromatic carbocycles. The smallest absolute Gasteiger partial charge is 0.295 e. The van der Waals surface area contributed by atoms with Crippen LogP contribution in [0.3, 0.4) is 0 Å². The Hall–Kier alpha value is -3.09. The van der Waals surface area contributed by atoms with Crippen LogP contribution in [0.2, 0.25) is 0 Å². The van der Waals surface area contributed by atoms with Crippen LogP contribution in [-0.2, 0) is 0 Å². The molecule has 7 nitrogen and oxygen atoms in total. The highest BCUT2D eigenvalue weighted by Gasteiger charge is 2.15. The number of benzene rings is 1. The van der Waals surface area contributed by atoms with Crippen LogP contribution in [0.25, 0.3) is 0 Å². The molecule has 1 amide bonds. The summed E-state index contributed by atoms with van der Waals surface area (Å²) in [4.78, 5) is 12.0. The van der Waals surface area contributed by atoms with Crippen molar-refractivity contribution in [3.05, 3.63) is 60.0 Å². The minimum Gasteiger partial charge on any atom is -0.479 e. The van der Waals surface area contributed by atoms with Crippen LogP contribution in [0.5, 0.6) is 5.88 Å². The Kier molecular flexibility index (Phi) is 4.09. The van der Waals surface area contributed by atoms with E-state index in [2.05, 4.69) is 15.6 Å². The topological polar surface area (TPSA) is 82.2 Å². The summed E-state index contributed by atoms with van der Waals surface area (Å²) in [7, 11) is 1.45. The molecule has 2 aromatic heterocycles. The normalized spacial score (nSPS) is 11.9. The fourth-order valence-electron chi connectivity index (χ4n) is 2.14. The molecule has 0 unspecified atom stereocenters. The molecule has 118 valence electrons. The Morgan fingerprint density at radius 2 is 2.09 bits per heavy atom. The van der Waals surface area contributed by atoms with E-state index in [0.717, 1.165) is 5.56 Å². The maximum atomic E-state index is 12.0. The van der Waals surface area contributed by atoms with Crippen molar-refractivity contribution in [2.24, 2.45) is 0 Å². The van der Waals surface area contributed by atoms with Crippen molar-refractivity contribution in [2.75, 3.05) is 12.4 Å². The number of amides is 1. The molecule has 0 saturated heterocycles. The summed E-state index contributed by atoms with van der Waals surface area (Å²) in [5, 5.41) is 10.6. The summed E-state index contributed by atoms with van der Waals surface area (Å²) in [5.74, 6) is 0.317. The number of anilines is 1. The fraction of sp³-hybridized carbons (Fsp3) is 0.188. The Morgan fingerprint density at radius 1 is 1.30 bits per heavy atom. The quantitative estimate of drug-likeness (QED) is 0.783. The molecule has 0 saturated carbocycles. The van der Waals surface area contributed by atoms with E-state index in [0.29, 0.717) is 5.82 Å². The zero-order valence-corrected chi connectivity index (χ0v) is 12.8. The van der Waals surface area contributed by atoms with Gasteiger partial charge < -0.3 is 14.6 Å². The van der Waals surface area contributed by atoms with Crippen LogP contribution < -0.4 is 10.1 Å². The van der Waals surface area contributed by atoms with Gasteiger partial charge in [-0.3, -0.25) is 9.48 Å². The molecular weight excluding hydrogens is 296 g/mol. The molecule has 0 spiro atoms. The SMILES string of the molecule is COc1cc(C(=O)Nc2ccn([C@@H](C)c3ccccc3)n2)on1. The summed E-state index contributed by atoms with van der Waals surface area (Å²) in [6, 6.07) is 13.2. The molecule has 3 rings (SSSR count). The molecule has 2 heterocycles. The van der Waals surface area contributed by atoms with Gasteiger partial charge in [-0.25, -0.2) is 0 Å². The van der Waals surface area contributed by atoms with Gasteiger partial charge in [0.15, 0.2) is 5.82 Å². The first kappa shape index (κ1) is 14.8. The van der Waals surface area contributed by atoms with E-state index in [1.807, 2.05) is 43.5 Å². The second-order valence-electron chi connectivity index (χ2n) is 4.96. The molecule has 23 heavy (non-hydrogen) atoms. The van der Waals surface area contributed by atoms with Gasteiger partial charge in [-0.05, 0) is 17.6 Å². The summed E-state index contributed by atoms with van der Waals surface area (Å²) >= 11 is 0. The van der Waals surface area contributed by atoms with Crippen molar-refractivity contribution in [3.63, 3.8) is 0 Å². The number of carbonyl (C=O) groups excluding carboxylic acids is 1. The number of rotatable bonds is 5. The standard InChI is InChI=1S/C16H16N4O3/c1-11(12-6-4-3-5-7-12)20-9-8-14(18-20)17-16(21)13-10-15(22-2)19-23-13/h3-11H,1-2H3,(H,17,18,21)/t11-/m0/s1. The second-order valence-corrected chi connectivity index (χ2v) is 4.96. The molecular formula is C16H16N4O3. The zero-order valence-electron chi connectivity index (χ0n) is 12.8. The molecule has 1 N–H and O–H groups in total. The lowest BCUT2D eigenvalue weighted by molar-refractivity contribution is 0.0987. The van der Waals surface area contributed by atoms with Crippen LogP contribution >= 0.6 is 0 Å². The van der Waals surface area contributed by atoms with Crippen LogP contribution in [0.15, 0.2) is 53.2 Å². The monoisotopic (exact) mass is 312 g/mol. The van der Waals surface area contributed by atoms with Crippen LogP contribution in [0.1, 0.15) is 29.1 Å². The van der Waals surface area contributed by atoms with Crippen molar-refractivity contribution >= 4 is 11.7 Å². The van der Waals surface area contributed by atoms with Gasteiger partial charge in [0.1, 0.15) is 0 Å². The summed E-state index contributed by atoms with van der Waals surface area (Å²) in [6.07, 6.45) is 1.81. The largest absolute Gasteiger partial charge is 0.479 e. The summed E-state index contributed by atoms with van der Waals surface area (Å²) < 4.78 is 11.6. The number of nitrogens with one attached hydrogen (secondary N) is 1. The van der Waals surface area contributed by atoms with Crippen LogP contribution in [0, 0.1) is 0 Å². The minimum atomic E-state index is -0.432. The van der Waals surface area contributed by atoms with E-state index >= 15 is 0 Å². The van der Waals surface area contributed by atoms with Crippen molar-refractivity contribution in [2.45, 2.75) is 13.0 Å². The molecule has 0 bridgehead atoms. The predicted molar refractivity (Wildman–Crippen MR) is 83.5 cm³/mol. The predicted octanol–water partition coefficient (Wildman–Crippen LogP) is 2.74. The van der Waals surface area contributed by atoms with Crippen molar-refractivity contribution in [1.82, 2.24) is 14.9 Å². The number of aromatic nitrogens is 3. The van der Waals surface area contributed by atoms with Gasteiger partial charge >= 0.3 is 0 Å². The van der Waals surface area contributed by atoms with Gasteiger partial charge in [0.05, 0.1) is 19.2 Å². The summed E-state index contributed by atoms with van der Waals surface area (Å²) in [5.41, 5.74) is 1.13. The van der Waals surface area contributed by atoms with E-state index in [9.17, 15) is 4.79 Å².